The summed E-state index contributed by atoms with van der Waals surface area (Å²) in [6.45, 7) is 5.92. The summed E-state index contributed by atoms with van der Waals surface area (Å²) in [5.74, 6) is 1.12. The summed E-state index contributed by atoms with van der Waals surface area (Å²) in [7, 11) is 1.47. The van der Waals surface area contributed by atoms with Gasteiger partial charge in [0.2, 0.25) is 0 Å². The second kappa shape index (κ2) is 10.9. The van der Waals surface area contributed by atoms with Crippen LogP contribution in [0.3, 0.4) is 0 Å². The van der Waals surface area contributed by atoms with Crippen molar-refractivity contribution < 1.29 is 14.4 Å². The first-order valence-corrected chi connectivity index (χ1v) is 12.7. The number of non-ortho nitro benzene ring substituents is 1. The Morgan fingerprint density at radius 2 is 1.95 bits per heavy atom. The molecule has 0 aliphatic carbocycles. The normalized spacial score (nSPS) is 11.7. The van der Waals surface area contributed by atoms with Crippen LogP contribution in [-0.2, 0) is 12.0 Å². The molecule has 0 aliphatic heterocycles. The quantitative estimate of drug-likeness (QED) is 0.137. The summed E-state index contributed by atoms with van der Waals surface area (Å²) in [5.41, 5.74) is 0.966. The summed E-state index contributed by atoms with van der Waals surface area (Å²) in [4.78, 5) is 28.7. The van der Waals surface area contributed by atoms with E-state index in [1.807, 2.05) is 26.8 Å². The molecule has 1 heterocycles. The van der Waals surface area contributed by atoms with Crippen LogP contribution in [0.15, 0.2) is 69.0 Å². The third-order valence-corrected chi connectivity index (χ3v) is 6.33. The Morgan fingerprint density at radius 1 is 1.18 bits per heavy atom. The average molecular weight is 600 g/mol. The Morgan fingerprint density at radius 3 is 2.63 bits per heavy atom. The van der Waals surface area contributed by atoms with Crippen molar-refractivity contribution in [2.24, 2.45) is 5.10 Å². The summed E-state index contributed by atoms with van der Waals surface area (Å²) < 4.78 is 13.4. The van der Waals surface area contributed by atoms with Crippen LogP contribution in [-0.4, -0.2) is 27.9 Å². The molecule has 1 aromatic heterocycles. The molecule has 38 heavy (non-hydrogen) atoms. The minimum atomic E-state index is -0.467. The maximum absolute atomic E-state index is 13.4. The largest absolute Gasteiger partial charge is 0.493 e. The van der Waals surface area contributed by atoms with Crippen molar-refractivity contribution in [2.75, 3.05) is 7.11 Å². The number of nitrogens with zero attached hydrogens (tertiary/aromatic N) is 4. The molecular formula is C27H24BrClN4O5. The van der Waals surface area contributed by atoms with Gasteiger partial charge in [0, 0.05) is 22.0 Å². The first-order valence-electron chi connectivity index (χ1n) is 11.5. The van der Waals surface area contributed by atoms with Crippen LogP contribution in [0.25, 0.3) is 10.9 Å². The highest BCUT2D eigenvalue weighted by Crippen LogP contribution is 2.37. The molecule has 0 amide bonds. The van der Waals surface area contributed by atoms with E-state index in [4.69, 9.17) is 26.1 Å². The van der Waals surface area contributed by atoms with Gasteiger partial charge in [-0.15, -0.1) is 0 Å². The van der Waals surface area contributed by atoms with Crippen molar-refractivity contribution in [3.05, 3.63) is 102 Å². The Bertz CT molecular complexity index is 1630. The van der Waals surface area contributed by atoms with Gasteiger partial charge in [0.05, 0.1) is 34.2 Å². The highest BCUT2D eigenvalue weighted by molar-refractivity contribution is 9.10. The monoisotopic (exact) mass is 598 g/mol. The summed E-state index contributed by atoms with van der Waals surface area (Å²) in [5, 5.41) is 16.2. The summed E-state index contributed by atoms with van der Waals surface area (Å²) in [6.07, 6.45) is 1.50. The van der Waals surface area contributed by atoms with Gasteiger partial charge in [-0.3, -0.25) is 14.9 Å². The Labute approximate surface area is 232 Å². The van der Waals surface area contributed by atoms with Crippen LogP contribution >= 0.6 is 27.5 Å². The number of hydrogen-bond donors (Lipinski definition) is 0. The molecule has 0 atom stereocenters. The maximum atomic E-state index is 13.4. The lowest BCUT2D eigenvalue weighted by Crippen LogP contribution is -2.29. The Balaban J connectivity index is 1.69. The second-order valence-electron chi connectivity index (χ2n) is 9.46. The number of benzene rings is 3. The number of halogens is 2. The highest BCUT2D eigenvalue weighted by Gasteiger charge is 2.23. The maximum Gasteiger partial charge on any atom is 0.282 e. The molecule has 0 radical (unpaired) electrons. The Kier molecular flexibility index (Phi) is 7.84. The molecular weight excluding hydrogens is 576 g/mol. The molecule has 4 rings (SSSR count). The van der Waals surface area contributed by atoms with Gasteiger partial charge >= 0.3 is 0 Å². The van der Waals surface area contributed by atoms with Crippen molar-refractivity contribution in [2.45, 2.75) is 32.8 Å². The van der Waals surface area contributed by atoms with Crippen molar-refractivity contribution in [1.29, 1.82) is 0 Å². The van der Waals surface area contributed by atoms with Crippen LogP contribution < -0.4 is 15.0 Å². The third-order valence-electron chi connectivity index (χ3n) is 5.56. The highest BCUT2D eigenvalue weighted by atomic mass is 79.9. The van der Waals surface area contributed by atoms with Crippen molar-refractivity contribution in [3.8, 4) is 11.5 Å². The topological polar surface area (TPSA) is 109 Å². The molecule has 0 bridgehead atoms. The number of ether oxygens (including phenoxy) is 2. The molecule has 0 saturated carbocycles. The lowest BCUT2D eigenvalue weighted by molar-refractivity contribution is -0.384. The number of nitro groups is 1. The van der Waals surface area contributed by atoms with E-state index >= 15 is 0 Å². The number of aromatic nitrogens is 2. The van der Waals surface area contributed by atoms with Gasteiger partial charge in [-0.25, -0.2) is 4.98 Å². The van der Waals surface area contributed by atoms with Crippen molar-refractivity contribution in [3.63, 3.8) is 0 Å². The number of methoxy groups -OCH3 is 1. The number of nitro benzene ring substituents is 1. The second-order valence-corrected chi connectivity index (χ2v) is 10.8. The lowest BCUT2D eigenvalue weighted by atomic mass is 9.95. The van der Waals surface area contributed by atoms with Crippen LogP contribution in [0.1, 0.15) is 37.7 Å². The summed E-state index contributed by atoms with van der Waals surface area (Å²) in [6, 6.07) is 14.8. The van der Waals surface area contributed by atoms with Crippen LogP contribution in [0, 0.1) is 10.1 Å². The molecule has 3 aromatic carbocycles. The zero-order chi connectivity index (χ0) is 27.6. The fourth-order valence-corrected chi connectivity index (χ4v) is 4.37. The predicted molar refractivity (Wildman–Crippen MR) is 151 cm³/mol. The minimum absolute atomic E-state index is 0.0314. The predicted octanol–water partition coefficient (Wildman–Crippen LogP) is 6.49. The van der Waals surface area contributed by atoms with Crippen LogP contribution in [0.5, 0.6) is 11.5 Å². The number of hydrogen-bond acceptors (Lipinski definition) is 7. The van der Waals surface area contributed by atoms with Crippen LogP contribution in [0.4, 0.5) is 5.69 Å². The van der Waals surface area contributed by atoms with E-state index in [2.05, 4.69) is 21.0 Å². The van der Waals surface area contributed by atoms with Crippen molar-refractivity contribution >= 4 is 50.3 Å². The van der Waals surface area contributed by atoms with E-state index in [9.17, 15) is 14.9 Å². The van der Waals surface area contributed by atoms with Gasteiger partial charge in [-0.1, -0.05) is 60.4 Å². The van der Waals surface area contributed by atoms with E-state index < -0.39 is 10.3 Å². The molecule has 4 aromatic rings. The zero-order valence-corrected chi connectivity index (χ0v) is 23.4. The van der Waals surface area contributed by atoms with E-state index in [0.29, 0.717) is 33.6 Å². The van der Waals surface area contributed by atoms with E-state index in [0.717, 1.165) is 4.47 Å². The molecule has 196 valence electrons. The number of fused-ring (bicyclic) bond motifs is 1. The van der Waals surface area contributed by atoms with E-state index in [1.165, 1.54) is 30.1 Å². The first kappa shape index (κ1) is 27.3. The van der Waals surface area contributed by atoms with Crippen LogP contribution in [0.2, 0.25) is 5.02 Å². The molecule has 11 heteroatoms. The zero-order valence-electron chi connectivity index (χ0n) is 21.1. The molecule has 0 N–H and O–H groups in total. The number of rotatable bonds is 7. The average Bonchev–Trinajstić information content (AvgIpc) is 2.87. The lowest BCUT2D eigenvalue weighted by Gasteiger charge is -2.21. The molecule has 0 unspecified atom stereocenters. The molecule has 9 nitrogen and oxygen atoms in total. The molecule has 0 fully saturated rings. The van der Waals surface area contributed by atoms with Gasteiger partial charge in [-0.05, 0) is 41.5 Å². The van der Waals surface area contributed by atoms with Gasteiger partial charge in [-0.2, -0.15) is 9.78 Å². The van der Waals surface area contributed by atoms with E-state index in [1.54, 1.807) is 36.4 Å². The standard InChI is InChI=1S/C27H24BrClN4O5/c1-27(2,3)26-31-22-9-8-18(28)13-20(22)25(34)32(26)30-14-17-11-21(29)24(23(12-17)37-4)38-15-16-6-5-7-19(10-16)33(35)36/h5-14H,15H2,1-4H3. The smallest absolute Gasteiger partial charge is 0.282 e. The SMILES string of the molecule is COc1cc(C=Nn2c(C(C)(C)C)nc3ccc(Br)cc3c2=O)cc(Cl)c1OCc1cccc([N+](=O)[O-])c1. The van der Waals surface area contributed by atoms with E-state index in [-0.39, 0.29) is 28.6 Å². The van der Waals surface area contributed by atoms with Gasteiger partial charge < -0.3 is 9.47 Å². The molecule has 0 aliphatic rings. The third kappa shape index (κ3) is 5.87. The van der Waals surface area contributed by atoms with Gasteiger partial charge in [0.1, 0.15) is 12.4 Å². The van der Waals surface area contributed by atoms with Crippen molar-refractivity contribution in [1.82, 2.24) is 9.66 Å². The molecule has 0 spiro atoms. The van der Waals surface area contributed by atoms with Gasteiger partial charge in [0.25, 0.3) is 11.2 Å². The fraction of sp³-hybridized carbons (Fsp3) is 0.222. The first-order chi connectivity index (χ1) is 18.0. The summed E-state index contributed by atoms with van der Waals surface area (Å²) >= 11 is 9.92. The van der Waals surface area contributed by atoms with Gasteiger partial charge in [0.15, 0.2) is 11.5 Å². The Hall–Kier alpha value is -3.76. The molecule has 0 saturated heterocycles. The fourth-order valence-electron chi connectivity index (χ4n) is 3.74. The minimum Gasteiger partial charge on any atom is -0.493 e.